The van der Waals surface area contributed by atoms with Crippen LogP contribution in [0.5, 0.6) is 0 Å². The highest BCUT2D eigenvalue weighted by atomic mass is 16.3. The highest BCUT2D eigenvalue weighted by Gasteiger charge is 2.26. The second-order valence-electron chi connectivity index (χ2n) is 4.62. The van der Waals surface area contributed by atoms with Gasteiger partial charge in [-0.05, 0) is 32.0 Å². The Morgan fingerprint density at radius 3 is 2.50 bits per heavy atom. The van der Waals surface area contributed by atoms with E-state index in [0.717, 1.165) is 31.7 Å². The van der Waals surface area contributed by atoms with Crippen LogP contribution in [-0.4, -0.2) is 30.2 Å². The lowest BCUT2D eigenvalue weighted by molar-refractivity contribution is 0.0708. The van der Waals surface area contributed by atoms with Crippen LogP contribution in [0.4, 0.5) is 0 Å². The van der Waals surface area contributed by atoms with E-state index in [9.17, 15) is 5.11 Å². The van der Waals surface area contributed by atoms with E-state index in [1.807, 2.05) is 12.1 Å². The van der Waals surface area contributed by atoms with Crippen LogP contribution < -0.4 is 0 Å². The van der Waals surface area contributed by atoms with Gasteiger partial charge in [0.2, 0.25) is 0 Å². The van der Waals surface area contributed by atoms with E-state index in [4.69, 9.17) is 4.42 Å². The van der Waals surface area contributed by atoms with Crippen LogP contribution in [0.1, 0.15) is 32.4 Å². The highest BCUT2D eigenvalue weighted by molar-refractivity contribution is 4.98. The number of hydrogen-bond acceptors (Lipinski definition) is 3. The molecule has 0 aliphatic heterocycles. The first-order valence-corrected chi connectivity index (χ1v) is 5.97. The van der Waals surface area contributed by atoms with Crippen LogP contribution in [0.15, 0.2) is 22.8 Å². The average Bonchev–Trinajstić information content (AvgIpc) is 2.79. The summed E-state index contributed by atoms with van der Waals surface area (Å²) < 4.78 is 5.32. The molecule has 92 valence electrons. The minimum absolute atomic E-state index is 0.0291. The number of aliphatic hydroxyl groups excluding tert-OH is 1. The van der Waals surface area contributed by atoms with Crippen molar-refractivity contribution in [2.24, 2.45) is 5.41 Å². The second-order valence-corrected chi connectivity index (χ2v) is 4.62. The zero-order chi connectivity index (χ0) is 12.0. The summed E-state index contributed by atoms with van der Waals surface area (Å²) >= 11 is 0. The minimum Gasteiger partial charge on any atom is -0.468 e. The van der Waals surface area contributed by atoms with Gasteiger partial charge in [0, 0.05) is 18.6 Å². The van der Waals surface area contributed by atoms with Crippen molar-refractivity contribution in [1.82, 2.24) is 4.90 Å². The molecule has 1 rings (SSSR count). The molecular weight excluding hydrogens is 202 g/mol. The van der Waals surface area contributed by atoms with Crippen molar-refractivity contribution < 1.29 is 9.52 Å². The van der Waals surface area contributed by atoms with Crippen LogP contribution in [0.3, 0.4) is 0 Å². The molecule has 0 radical (unpaired) electrons. The van der Waals surface area contributed by atoms with Gasteiger partial charge in [0.1, 0.15) is 5.76 Å². The quantitative estimate of drug-likeness (QED) is 0.774. The maximum atomic E-state index is 9.50. The van der Waals surface area contributed by atoms with Gasteiger partial charge >= 0.3 is 0 Å². The van der Waals surface area contributed by atoms with Crippen LogP contribution in [-0.2, 0) is 6.54 Å². The van der Waals surface area contributed by atoms with Crippen LogP contribution in [0.25, 0.3) is 0 Å². The lowest BCUT2D eigenvalue weighted by atomic mass is 9.83. The van der Waals surface area contributed by atoms with Crippen LogP contribution in [0.2, 0.25) is 0 Å². The van der Waals surface area contributed by atoms with E-state index >= 15 is 0 Å². The summed E-state index contributed by atoms with van der Waals surface area (Å²) in [4.78, 5) is 2.21. The molecule has 1 N–H and O–H groups in total. The molecule has 1 aromatic heterocycles. The Labute approximate surface area is 98.1 Å². The Hall–Kier alpha value is -0.800. The lowest BCUT2D eigenvalue weighted by Gasteiger charge is -2.33. The molecule has 16 heavy (non-hydrogen) atoms. The van der Waals surface area contributed by atoms with Crippen molar-refractivity contribution in [3.63, 3.8) is 0 Å². The van der Waals surface area contributed by atoms with Gasteiger partial charge in [-0.1, -0.05) is 13.8 Å². The fourth-order valence-electron chi connectivity index (χ4n) is 2.04. The molecule has 0 unspecified atom stereocenters. The van der Waals surface area contributed by atoms with Crippen molar-refractivity contribution in [2.75, 3.05) is 20.2 Å². The Morgan fingerprint density at radius 2 is 2.06 bits per heavy atom. The Morgan fingerprint density at radius 1 is 1.38 bits per heavy atom. The number of nitrogens with zero attached hydrogens (tertiary/aromatic N) is 1. The molecule has 0 aliphatic rings. The minimum atomic E-state index is 0.0291. The van der Waals surface area contributed by atoms with Gasteiger partial charge in [-0.15, -0.1) is 0 Å². The molecule has 0 saturated heterocycles. The molecule has 0 saturated carbocycles. The zero-order valence-electron chi connectivity index (χ0n) is 10.6. The molecule has 3 nitrogen and oxygen atoms in total. The predicted molar refractivity (Wildman–Crippen MR) is 65.1 cm³/mol. The van der Waals surface area contributed by atoms with Gasteiger partial charge < -0.3 is 9.52 Å². The molecule has 0 aliphatic carbocycles. The fourth-order valence-corrected chi connectivity index (χ4v) is 2.04. The van der Waals surface area contributed by atoms with Crippen molar-refractivity contribution in [1.29, 1.82) is 0 Å². The summed E-state index contributed by atoms with van der Waals surface area (Å²) in [5, 5.41) is 9.50. The maximum absolute atomic E-state index is 9.50. The monoisotopic (exact) mass is 225 g/mol. The molecular formula is C13H23NO2. The van der Waals surface area contributed by atoms with Gasteiger partial charge in [-0.2, -0.15) is 0 Å². The molecule has 0 spiro atoms. The zero-order valence-corrected chi connectivity index (χ0v) is 10.6. The molecule has 3 heteroatoms. The van der Waals surface area contributed by atoms with Gasteiger partial charge in [0.25, 0.3) is 0 Å². The van der Waals surface area contributed by atoms with E-state index in [0.29, 0.717) is 0 Å². The van der Waals surface area contributed by atoms with E-state index in [2.05, 4.69) is 25.8 Å². The predicted octanol–water partition coefficient (Wildman–Crippen LogP) is 2.51. The number of furan rings is 1. The fraction of sp³-hybridized carbons (Fsp3) is 0.692. The first kappa shape index (κ1) is 13.3. The highest BCUT2D eigenvalue weighted by Crippen LogP contribution is 2.26. The maximum Gasteiger partial charge on any atom is 0.117 e. The number of hydrogen-bond donors (Lipinski definition) is 1. The molecule has 0 fully saturated rings. The summed E-state index contributed by atoms with van der Waals surface area (Å²) in [5.74, 6) is 0.974. The average molecular weight is 225 g/mol. The third-order valence-corrected chi connectivity index (χ3v) is 3.45. The van der Waals surface area contributed by atoms with Gasteiger partial charge in [-0.3, -0.25) is 4.90 Å². The van der Waals surface area contributed by atoms with E-state index in [1.165, 1.54) is 0 Å². The lowest BCUT2D eigenvalue weighted by Crippen LogP contribution is -2.37. The molecule has 1 heterocycles. The van der Waals surface area contributed by atoms with E-state index in [-0.39, 0.29) is 12.0 Å². The van der Waals surface area contributed by atoms with Gasteiger partial charge in [-0.25, -0.2) is 0 Å². The van der Waals surface area contributed by atoms with Gasteiger partial charge in [0.15, 0.2) is 0 Å². The summed E-state index contributed by atoms with van der Waals surface area (Å²) in [7, 11) is 2.07. The first-order valence-electron chi connectivity index (χ1n) is 5.97. The standard InChI is InChI=1S/C13H23NO2/c1-4-13(5-2,11-15)10-14(3)9-12-7-6-8-16-12/h6-8,15H,4-5,9-11H2,1-3H3. The molecule has 0 atom stereocenters. The van der Waals surface area contributed by atoms with Crippen molar-refractivity contribution >= 4 is 0 Å². The van der Waals surface area contributed by atoms with E-state index < -0.39 is 0 Å². The normalized spacial score (nSPS) is 12.3. The smallest absolute Gasteiger partial charge is 0.117 e. The summed E-state index contributed by atoms with van der Waals surface area (Å²) in [6.07, 6.45) is 3.70. The first-order chi connectivity index (χ1) is 7.65. The van der Waals surface area contributed by atoms with Crippen LogP contribution in [0, 0.1) is 5.41 Å². The summed E-state index contributed by atoms with van der Waals surface area (Å²) in [6, 6.07) is 3.89. The Balaban J connectivity index is 2.51. The Bertz CT molecular complexity index is 270. The second kappa shape index (κ2) is 6.06. The van der Waals surface area contributed by atoms with Gasteiger partial charge in [0.05, 0.1) is 12.8 Å². The Kier molecular flexibility index (Phi) is 5.03. The summed E-state index contributed by atoms with van der Waals surface area (Å²) in [6.45, 7) is 6.23. The molecule has 0 amide bonds. The van der Waals surface area contributed by atoms with Crippen molar-refractivity contribution in [3.8, 4) is 0 Å². The topological polar surface area (TPSA) is 36.6 Å². The third-order valence-electron chi connectivity index (χ3n) is 3.45. The molecule has 1 aromatic rings. The number of aliphatic hydroxyl groups is 1. The SMILES string of the molecule is CCC(CC)(CO)CN(C)Cc1ccco1. The summed E-state index contributed by atoms with van der Waals surface area (Å²) in [5.41, 5.74) is 0.0291. The molecule has 0 bridgehead atoms. The molecule has 0 aromatic carbocycles. The third kappa shape index (κ3) is 3.35. The largest absolute Gasteiger partial charge is 0.468 e. The number of rotatable bonds is 7. The van der Waals surface area contributed by atoms with E-state index in [1.54, 1.807) is 6.26 Å². The van der Waals surface area contributed by atoms with Crippen molar-refractivity contribution in [2.45, 2.75) is 33.2 Å². The van der Waals surface area contributed by atoms with Crippen LogP contribution >= 0.6 is 0 Å². The van der Waals surface area contributed by atoms with Crippen molar-refractivity contribution in [3.05, 3.63) is 24.2 Å².